The Morgan fingerprint density at radius 2 is 1.96 bits per heavy atom. The van der Waals surface area contributed by atoms with Gasteiger partial charge in [0.1, 0.15) is 5.82 Å². The number of rotatable bonds is 5. The SMILES string of the molecule is Cc1cccc(N2CCC(NC(=O)C(N)CC3CCCCC3)CC2)n1. The van der Waals surface area contributed by atoms with Crippen molar-refractivity contribution in [3.63, 3.8) is 0 Å². The van der Waals surface area contributed by atoms with Crippen LogP contribution in [0.5, 0.6) is 0 Å². The number of nitrogens with two attached hydrogens (primary N) is 1. The molecule has 138 valence electrons. The molecule has 1 aromatic rings. The molecule has 2 fully saturated rings. The molecule has 5 heteroatoms. The van der Waals surface area contributed by atoms with E-state index in [0.717, 1.165) is 43.9 Å². The van der Waals surface area contributed by atoms with Crippen LogP contribution in [0.3, 0.4) is 0 Å². The molecule has 5 nitrogen and oxygen atoms in total. The minimum absolute atomic E-state index is 0.0395. The van der Waals surface area contributed by atoms with Crippen molar-refractivity contribution in [1.82, 2.24) is 10.3 Å². The second kappa shape index (κ2) is 8.65. The predicted molar refractivity (Wildman–Crippen MR) is 102 cm³/mol. The third-order valence-electron chi connectivity index (χ3n) is 5.69. The zero-order valence-electron chi connectivity index (χ0n) is 15.4. The minimum atomic E-state index is -0.348. The summed E-state index contributed by atoms with van der Waals surface area (Å²) < 4.78 is 0. The summed E-state index contributed by atoms with van der Waals surface area (Å²) >= 11 is 0. The molecule has 2 heterocycles. The lowest BCUT2D eigenvalue weighted by Crippen LogP contribution is -2.50. The maximum absolute atomic E-state index is 12.4. The van der Waals surface area contributed by atoms with Crippen molar-refractivity contribution in [2.24, 2.45) is 11.7 Å². The molecule has 3 N–H and O–H groups in total. The van der Waals surface area contributed by atoms with Crippen LogP contribution in [0.25, 0.3) is 0 Å². The standard InChI is InChI=1S/C20H32N4O/c1-15-6-5-9-19(22-15)24-12-10-17(11-13-24)23-20(25)18(21)14-16-7-3-2-4-8-16/h5-6,9,16-18H,2-4,7-8,10-14,21H2,1H3,(H,23,25). The lowest BCUT2D eigenvalue weighted by atomic mass is 9.85. The van der Waals surface area contributed by atoms with Crippen molar-refractivity contribution >= 4 is 11.7 Å². The summed E-state index contributed by atoms with van der Waals surface area (Å²) in [5.41, 5.74) is 7.21. The van der Waals surface area contributed by atoms with Crippen LogP contribution < -0.4 is 16.0 Å². The summed E-state index contributed by atoms with van der Waals surface area (Å²) in [6.45, 7) is 3.88. The van der Waals surface area contributed by atoms with E-state index in [-0.39, 0.29) is 18.0 Å². The van der Waals surface area contributed by atoms with Gasteiger partial charge in [0.15, 0.2) is 0 Å². The second-order valence-electron chi connectivity index (χ2n) is 7.75. The zero-order chi connectivity index (χ0) is 17.6. The van der Waals surface area contributed by atoms with Crippen LogP contribution >= 0.6 is 0 Å². The average molecular weight is 345 g/mol. The summed E-state index contributed by atoms with van der Waals surface area (Å²) in [6, 6.07) is 6.02. The minimum Gasteiger partial charge on any atom is -0.356 e. The molecule has 1 saturated heterocycles. The van der Waals surface area contributed by atoms with E-state index in [0.29, 0.717) is 5.92 Å². The first-order chi connectivity index (χ1) is 12.1. The van der Waals surface area contributed by atoms with Gasteiger partial charge in [0.05, 0.1) is 6.04 Å². The van der Waals surface area contributed by atoms with Gasteiger partial charge in [-0.15, -0.1) is 0 Å². The molecule has 1 atom stereocenters. The number of carbonyl (C=O) groups excluding carboxylic acids is 1. The Hall–Kier alpha value is -1.62. The molecular formula is C20H32N4O. The van der Waals surface area contributed by atoms with Gasteiger partial charge < -0.3 is 16.0 Å². The molecule has 1 aliphatic carbocycles. The third kappa shape index (κ3) is 5.18. The Labute approximate surface area is 151 Å². The third-order valence-corrected chi connectivity index (χ3v) is 5.69. The second-order valence-corrected chi connectivity index (χ2v) is 7.75. The highest BCUT2D eigenvalue weighted by Gasteiger charge is 2.25. The fourth-order valence-electron chi connectivity index (χ4n) is 4.15. The van der Waals surface area contributed by atoms with Crippen molar-refractivity contribution in [3.8, 4) is 0 Å². The van der Waals surface area contributed by atoms with Crippen molar-refractivity contribution in [3.05, 3.63) is 23.9 Å². The highest BCUT2D eigenvalue weighted by atomic mass is 16.2. The number of hydrogen-bond donors (Lipinski definition) is 2. The maximum atomic E-state index is 12.4. The zero-order valence-corrected chi connectivity index (χ0v) is 15.4. The lowest BCUT2D eigenvalue weighted by Gasteiger charge is -2.34. The lowest BCUT2D eigenvalue weighted by molar-refractivity contribution is -0.123. The molecule has 1 unspecified atom stereocenters. The van der Waals surface area contributed by atoms with Crippen LogP contribution in [-0.4, -0.2) is 36.1 Å². The van der Waals surface area contributed by atoms with Crippen LogP contribution in [-0.2, 0) is 4.79 Å². The van der Waals surface area contributed by atoms with E-state index in [1.165, 1.54) is 32.1 Å². The molecule has 1 amide bonds. The van der Waals surface area contributed by atoms with Crippen molar-refractivity contribution < 1.29 is 4.79 Å². The Bertz CT molecular complexity index is 563. The Balaban J connectivity index is 1.42. The number of anilines is 1. The molecule has 0 spiro atoms. The molecule has 0 aromatic carbocycles. The van der Waals surface area contributed by atoms with Crippen LogP contribution in [0.15, 0.2) is 18.2 Å². The topological polar surface area (TPSA) is 71.2 Å². The van der Waals surface area contributed by atoms with E-state index < -0.39 is 0 Å². The fraction of sp³-hybridized carbons (Fsp3) is 0.700. The number of pyridine rings is 1. The van der Waals surface area contributed by atoms with Gasteiger partial charge in [-0.3, -0.25) is 4.79 Å². The van der Waals surface area contributed by atoms with E-state index >= 15 is 0 Å². The quantitative estimate of drug-likeness (QED) is 0.861. The van der Waals surface area contributed by atoms with Crippen LogP contribution in [0.4, 0.5) is 5.82 Å². The molecule has 0 bridgehead atoms. The molecule has 3 rings (SSSR count). The first-order valence-electron chi connectivity index (χ1n) is 9.86. The van der Waals surface area contributed by atoms with Crippen molar-refractivity contribution in [2.45, 2.75) is 70.4 Å². The number of hydrogen-bond acceptors (Lipinski definition) is 4. The number of carbonyl (C=O) groups is 1. The van der Waals surface area contributed by atoms with Gasteiger partial charge in [-0.2, -0.15) is 0 Å². The van der Waals surface area contributed by atoms with Crippen LogP contribution in [0.2, 0.25) is 0 Å². The average Bonchev–Trinajstić information content (AvgIpc) is 2.63. The number of aromatic nitrogens is 1. The smallest absolute Gasteiger partial charge is 0.237 e. The van der Waals surface area contributed by atoms with Crippen molar-refractivity contribution in [2.75, 3.05) is 18.0 Å². The number of piperidine rings is 1. The van der Waals surface area contributed by atoms with E-state index in [9.17, 15) is 4.79 Å². The van der Waals surface area contributed by atoms with Gasteiger partial charge >= 0.3 is 0 Å². The summed E-state index contributed by atoms with van der Waals surface area (Å²) in [7, 11) is 0. The number of nitrogens with one attached hydrogen (secondary N) is 1. The van der Waals surface area contributed by atoms with Crippen molar-refractivity contribution in [1.29, 1.82) is 0 Å². The van der Waals surface area contributed by atoms with Crippen LogP contribution in [0.1, 0.15) is 57.1 Å². The Morgan fingerprint density at radius 1 is 1.24 bits per heavy atom. The molecule has 1 saturated carbocycles. The summed E-state index contributed by atoms with van der Waals surface area (Å²) in [5, 5.41) is 3.18. The maximum Gasteiger partial charge on any atom is 0.237 e. The summed E-state index contributed by atoms with van der Waals surface area (Å²) in [4.78, 5) is 19.3. The molecule has 1 aliphatic heterocycles. The van der Waals surface area contributed by atoms with E-state index in [1.807, 2.05) is 13.0 Å². The monoisotopic (exact) mass is 344 g/mol. The van der Waals surface area contributed by atoms with Gasteiger partial charge in [0.2, 0.25) is 5.91 Å². The first-order valence-corrected chi connectivity index (χ1v) is 9.86. The summed E-state index contributed by atoms with van der Waals surface area (Å²) in [6.07, 6.45) is 9.17. The van der Waals surface area contributed by atoms with E-state index in [1.54, 1.807) is 0 Å². The number of aryl methyl sites for hydroxylation is 1. The molecule has 0 radical (unpaired) electrons. The number of amides is 1. The highest BCUT2D eigenvalue weighted by Crippen LogP contribution is 2.27. The van der Waals surface area contributed by atoms with Gasteiger partial charge in [-0.25, -0.2) is 4.98 Å². The van der Waals surface area contributed by atoms with E-state index in [2.05, 4.69) is 27.3 Å². The molecule has 1 aromatic heterocycles. The largest absolute Gasteiger partial charge is 0.356 e. The Kier molecular flexibility index (Phi) is 6.29. The van der Waals surface area contributed by atoms with Gasteiger partial charge in [0, 0.05) is 24.8 Å². The van der Waals surface area contributed by atoms with Gasteiger partial charge in [-0.1, -0.05) is 38.2 Å². The Morgan fingerprint density at radius 3 is 2.64 bits per heavy atom. The normalized spacial score (nSPS) is 21.1. The highest BCUT2D eigenvalue weighted by molar-refractivity contribution is 5.81. The predicted octanol–water partition coefficient (Wildman–Crippen LogP) is 2.77. The fourth-order valence-corrected chi connectivity index (χ4v) is 4.15. The molecular weight excluding hydrogens is 312 g/mol. The molecule has 2 aliphatic rings. The van der Waals surface area contributed by atoms with Crippen LogP contribution in [0, 0.1) is 12.8 Å². The first kappa shape index (κ1) is 18.2. The summed E-state index contributed by atoms with van der Waals surface area (Å²) in [5.74, 6) is 1.72. The number of nitrogens with zero attached hydrogens (tertiary/aromatic N) is 2. The van der Waals surface area contributed by atoms with Gasteiger partial charge in [0.25, 0.3) is 0 Å². The molecule has 25 heavy (non-hydrogen) atoms. The van der Waals surface area contributed by atoms with Gasteiger partial charge in [-0.05, 0) is 44.2 Å². The van der Waals surface area contributed by atoms with E-state index in [4.69, 9.17) is 5.73 Å².